The highest BCUT2D eigenvalue weighted by molar-refractivity contribution is 6.34. The van der Waals surface area contributed by atoms with Gasteiger partial charge in [-0.15, -0.1) is 0 Å². The molecule has 0 spiro atoms. The summed E-state index contributed by atoms with van der Waals surface area (Å²) in [4.78, 5) is 11.4. The Kier molecular flexibility index (Phi) is 4.69. The zero-order valence-electron chi connectivity index (χ0n) is 10.9. The highest BCUT2D eigenvalue weighted by Crippen LogP contribution is 2.25. The van der Waals surface area contributed by atoms with Crippen molar-refractivity contribution in [2.75, 3.05) is 5.32 Å². The molecule has 2 aromatic rings. The molecule has 106 valence electrons. The van der Waals surface area contributed by atoms with E-state index in [-0.39, 0.29) is 10.6 Å². The van der Waals surface area contributed by atoms with Crippen molar-refractivity contribution in [3.05, 3.63) is 63.1 Å². The number of halogens is 2. The molecular weight excluding hydrogens is 309 g/mol. The maximum atomic E-state index is 11.4. The summed E-state index contributed by atoms with van der Waals surface area (Å²) in [5.74, 6) is -0.611. The van der Waals surface area contributed by atoms with Crippen LogP contribution in [-0.2, 0) is 6.54 Å². The first-order chi connectivity index (χ1) is 10.0. The number of nitrogens with two attached hydrogens (primary N) is 1. The lowest BCUT2D eigenvalue weighted by Crippen LogP contribution is -2.15. The Morgan fingerprint density at radius 2 is 2.05 bits per heavy atom. The van der Waals surface area contributed by atoms with Crippen LogP contribution < -0.4 is 11.1 Å². The van der Waals surface area contributed by atoms with Crippen LogP contribution in [-0.4, -0.2) is 5.91 Å². The minimum atomic E-state index is -0.611. The predicted octanol–water partition coefficient (Wildman–Crippen LogP) is 3.58. The number of amides is 1. The van der Waals surface area contributed by atoms with Crippen molar-refractivity contribution in [2.24, 2.45) is 5.73 Å². The smallest absolute Gasteiger partial charge is 0.252 e. The van der Waals surface area contributed by atoms with Crippen molar-refractivity contribution >= 4 is 34.8 Å². The number of hydrogen-bond donors (Lipinski definition) is 2. The summed E-state index contributed by atoms with van der Waals surface area (Å²) in [6.07, 6.45) is 0. The van der Waals surface area contributed by atoms with Crippen LogP contribution in [0.15, 0.2) is 36.4 Å². The summed E-state index contributed by atoms with van der Waals surface area (Å²) in [6.45, 7) is 0.348. The third kappa shape index (κ3) is 3.46. The Labute approximate surface area is 132 Å². The lowest BCUT2D eigenvalue weighted by atomic mass is 10.1. The molecule has 2 aromatic carbocycles. The summed E-state index contributed by atoms with van der Waals surface area (Å²) >= 11 is 11.8. The van der Waals surface area contributed by atoms with Gasteiger partial charge in [0.1, 0.15) is 0 Å². The van der Waals surface area contributed by atoms with Crippen LogP contribution in [0.2, 0.25) is 10.0 Å². The molecule has 21 heavy (non-hydrogen) atoms. The maximum absolute atomic E-state index is 11.4. The third-order valence-corrected chi connectivity index (χ3v) is 3.47. The molecule has 0 fully saturated rings. The predicted molar refractivity (Wildman–Crippen MR) is 83.5 cm³/mol. The Balaban J connectivity index is 2.28. The molecule has 0 aromatic heterocycles. The molecule has 1 amide bonds. The van der Waals surface area contributed by atoms with Gasteiger partial charge in [0.15, 0.2) is 0 Å². The lowest BCUT2D eigenvalue weighted by molar-refractivity contribution is 0.100. The number of primary amides is 1. The molecule has 0 aliphatic heterocycles. The topological polar surface area (TPSA) is 78.9 Å². The first kappa shape index (κ1) is 15.2. The van der Waals surface area contributed by atoms with E-state index < -0.39 is 5.91 Å². The van der Waals surface area contributed by atoms with Crippen LogP contribution in [0, 0.1) is 11.3 Å². The fourth-order valence-electron chi connectivity index (χ4n) is 1.92. The second kappa shape index (κ2) is 6.49. The maximum Gasteiger partial charge on any atom is 0.252 e. The van der Waals surface area contributed by atoms with E-state index in [0.29, 0.717) is 22.8 Å². The summed E-state index contributed by atoms with van der Waals surface area (Å²) in [6, 6.07) is 12.1. The first-order valence-electron chi connectivity index (χ1n) is 6.03. The summed E-state index contributed by atoms with van der Waals surface area (Å²) in [5, 5.41) is 12.9. The fourth-order valence-corrected chi connectivity index (χ4v) is 2.36. The molecule has 0 aliphatic rings. The number of nitrogens with zero attached hydrogens (tertiary/aromatic N) is 1. The zero-order valence-corrected chi connectivity index (χ0v) is 12.4. The van der Waals surface area contributed by atoms with Gasteiger partial charge in [0.25, 0.3) is 5.91 Å². The minimum absolute atomic E-state index is 0.228. The fraction of sp³-hybridized carbons (Fsp3) is 0.0667. The summed E-state index contributed by atoms with van der Waals surface area (Å²) in [5.41, 5.74) is 7.31. The van der Waals surface area contributed by atoms with Gasteiger partial charge in [0, 0.05) is 17.3 Å². The van der Waals surface area contributed by atoms with Gasteiger partial charge in [0.05, 0.1) is 22.2 Å². The van der Waals surface area contributed by atoms with E-state index >= 15 is 0 Å². The van der Waals surface area contributed by atoms with Gasteiger partial charge in [-0.05, 0) is 29.8 Å². The van der Waals surface area contributed by atoms with Crippen LogP contribution >= 0.6 is 23.2 Å². The molecule has 0 atom stereocenters. The molecule has 0 aliphatic carbocycles. The van der Waals surface area contributed by atoms with E-state index in [1.54, 1.807) is 36.4 Å². The number of nitrogens with one attached hydrogen (secondary N) is 1. The van der Waals surface area contributed by atoms with E-state index in [1.165, 1.54) is 0 Å². The van der Waals surface area contributed by atoms with Crippen LogP contribution in [0.4, 0.5) is 5.69 Å². The molecular formula is C15H11Cl2N3O. The van der Waals surface area contributed by atoms with Crippen molar-refractivity contribution in [3.63, 3.8) is 0 Å². The molecule has 4 nitrogen and oxygen atoms in total. The van der Waals surface area contributed by atoms with E-state index in [1.807, 2.05) is 0 Å². The number of rotatable bonds is 4. The largest absolute Gasteiger partial charge is 0.380 e. The van der Waals surface area contributed by atoms with Gasteiger partial charge in [-0.1, -0.05) is 35.3 Å². The van der Waals surface area contributed by atoms with Gasteiger partial charge in [-0.2, -0.15) is 5.26 Å². The minimum Gasteiger partial charge on any atom is -0.380 e. The number of carbonyl (C=O) groups is 1. The van der Waals surface area contributed by atoms with E-state index in [0.717, 1.165) is 5.56 Å². The molecule has 3 N–H and O–H groups in total. The van der Waals surface area contributed by atoms with Crippen LogP contribution in [0.25, 0.3) is 0 Å². The Bertz CT molecular complexity index is 738. The highest BCUT2D eigenvalue weighted by atomic mass is 35.5. The second-order valence-electron chi connectivity index (χ2n) is 4.29. The van der Waals surface area contributed by atoms with Gasteiger partial charge < -0.3 is 11.1 Å². The average molecular weight is 320 g/mol. The van der Waals surface area contributed by atoms with E-state index in [2.05, 4.69) is 11.4 Å². The van der Waals surface area contributed by atoms with Crippen molar-refractivity contribution in [3.8, 4) is 6.07 Å². The average Bonchev–Trinajstić information content (AvgIpc) is 2.45. The normalized spacial score (nSPS) is 9.95. The number of benzene rings is 2. The van der Waals surface area contributed by atoms with Gasteiger partial charge in [-0.25, -0.2) is 0 Å². The standard InChI is InChI=1S/C15H11Cl2N3O/c16-11-5-4-9(10(6-11)7-18)8-20-13-3-1-2-12(17)14(13)15(19)21/h1-6,20H,8H2,(H2,19,21). The van der Waals surface area contributed by atoms with Gasteiger partial charge in [0.2, 0.25) is 0 Å². The number of anilines is 1. The van der Waals surface area contributed by atoms with Crippen LogP contribution in [0.5, 0.6) is 0 Å². The third-order valence-electron chi connectivity index (χ3n) is 2.92. The molecule has 0 saturated heterocycles. The Morgan fingerprint density at radius 3 is 2.71 bits per heavy atom. The number of carbonyl (C=O) groups excluding carboxylic acids is 1. The lowest BCUT2D eigenvalue weighted by Gasteiger charge is -2.12. The summed E-state index contributed by atoms with van der Waals surface area (Å²) in [7, 11) is 0. The monoisotopic (exact) mass is 319 g/mol. The summed E-state index contributed by atoms with van der Waals surface area (Å²) < 4.78 is 0. The van der Waals surface area contributed by atoms with Crippen molar-refractivity contribution in [1.29, 1.82) is 5.26 Å². The molecule has 0 bridgehead atoms. The van der Waals surface area contributed by atoms with E-state index in [4.69, 9.17) is 34.2 Å². The van der Waals surface area contributed by atoms with Crippen molar-refractivity contribution < 1.29 is 4.79 Å². The van der Waals surface area contributed by atoms with Gasteiger partial charge in [-0.3, -0.25) is 4.79 Å². The molecule has 0 radical (unpaired) electrons. The number of nitriles is 1. The van der Waals surface area contributed by atoms with Crippen molar-refractivity contribution in [2.45, 2.75) is 6.54 Å². The second-order valence-corrected chi connectivity index (χ2v) is 5.14. The van der Waals surface area contributed by atoms with Crippen molar-refractivity contribution in [1.82, 2.24) is 0 Å². The highest BCUT2D eigenvalue weighted by Gasteiger charge is 2.12. The van der Waals surface area contributed by atoms with E-state index in [9.17, 15) is 4.79 Å². The zero-order chi connectivity index (χ0) is 15.4. The SMILES string of the molecule is N#Cc1cc(Cl)ccc1CNc1cccc(Cl)c1C(N)=O. The van der Waals surface area contributed by atoms with Crippen LogP contribution in [0.1, 0.15) is 21.5 Å². The molecule has 0 saturated carbocycles. The first-order valence-corrected chi connectivity index (χ1v) is 6.79. The molecule has 0 unspecified atom stereocenters. The Morgan fingerprint density at radius 1 is 1.29 bits per heavy atom. The molecule has 2 rings (SSSR count). The van der Waals surface area contributed by atoms with Gasteiger partial charge >= 0.3 is 0 Å². The number of hydrogen-bond acceptors (Lipinski definition) is 3. The van der Waals surface area contributed by atoms with Crippen LogP contribution in [0.3, 0.4) is 0 Å². The molecule has 0 heterocycles. The quantitative estimate of drug-likeness (QED) is 0.904. The Hall–Kier alpha value is -2.22. The molecule has 6 heteroatoms.